The second kappa shape index (κ2) is 47.8. The molecule has 3 unspecified atom stereocenters. The molecule has 0 aromatic carbocycles. The molecule has 84 heavy (non-hydrogen) atoms. The third-order valence-corrected chi connectivity index (χ3v) is 17.1. The molecule has 3 fully saturated rings. The number of nitrogens with one attached hydrogen (secondary N) is 1. The number of carbonyl (C=O) groups is 2. The number of aliphatic carboxylic acids is 1. The van der Waals surface area contributed by atoms with Gasteiger partial charge in [-0.05, 0) is 91.3 Å². The van der Waals surface area contributed by atoms with Crippen LogP contribution in [-0.2, 0) is 85.3 Å². The molecular formula is C63H115NO20. The summed E-state index contributed by atoms with van der Waals surface area (Å²) in [7, 11) is 0. The number of allylic oxidation sites excluding steroid dienone is 1. The second-order valence-electron chi connectivity index (χ2n) is 23.4. The number of carboxylic acids is 1. The average molecular weight is 1210 g/mol. The first-order valence-electron chi connectivity index (χ1n) is 32.1. The second-order valence-corrected chi connectivity index (χ2v) is 23.4. The van der Waals surface area contributed by atoms with E-state index in [0.717, 1.165) is 54.8 Å². The minimum Gasteiger partial charge on any atom is -0.481 e. The van der Waals surface area contributed by atoms with Gasteiger partial charge in [-0.15, -0.1) is 0 Å². The molecule has 4 aliphatic rings. The lowest BCUT2D eigenvalue weighted by atomic mass is 9.47. The largest absolute Gasteiger partial charge is 0.481 e. The molecule has 492 valence electrons. The zero-order valence-electron chi connectivity index (χ0n) is 52.6. The molecule has 0 spiro atoms. The van der Waals surface area contributed by atoms with E-state index in [9.17, 15) is 9.59 Å². The number of alkyl carbamates (subject to hydrolysis) is 1. The van der Waals surface area contributed by atoms with Gasteiger partial charge in [0.15, 0.2) is 0 Å². The first-order valence-corrected chi connectivity index (χ1v) is 32.1. The van der Waals surface area contributed by atoms with Gasteiger partial charge >= 0.3 is 12.1 Å². The Morgan fingerprint density at radius 3 is 1.25 bits per heavy atom. The maximum atomic E-state index is 12.8. The quantitative estimate of drug-likeness (QED) is 0.0437. The highest BCUT2D eigenvalue weighted by Gasteiger charge is 2.59. The van der Waals surface area contributed by atoms with E-state index < -0.39 is 5.97 Å². The predicted molar refractivity (Wildman–Crippen MR) is 317 cm³/mol. The van der Waals surface area contributed by atoms with E-state index in [0.29, 0.717) is 217 Å². The summed E-state index contributed by atoms with van der Waals surface area (Å²) >= 11 is 0. The van der Waals surface area contributed by atoms with Crippen LogP contribution in [0, 0.1) is 46.3 Å². The van der Waals surface area contributed by atoms with E-state index in [-0.39, 0.29) is 30.6 Å². The van der Waals surface area contributed by atoms with Gasteiger partial charge < -0.3 is 90.9 Å². The van der Waals surface area contributed by atoms with Crippen molar-refractivity contribution in [2.75, 3.05) is 218 Å². The van der Waals surface area contributed by atoms with E-state index >= 15 is 0 Å². The van der Waals surface area contributed by atoms with Gasteiger partial charge in [-0.1, -0.05) is 65.5 Å². The molecule has 4 aliphatic carbocycles. The van der Waals surface area contributed by atoms with Gasteiger partial charge in [0.05, 0.1) is 218 Å². The van der Waals surface area contributed by atoms with Crippen LogP contribution in [0.4, 0.5) is 4.79 Å². The number of fused-ring (bicyclic) bond motifs is 5. The standard InChI is InChI=1S/C63H115NO20/c1-52(2)7-6-8-53(3)57-11-12-58-56-10-9-54-51-55(13-16-62(54,4)59(56)14-17-63(57,58)5)84-61(67)64-18-20-69-22-24-71-26-28-73-30-32-75-34-36-77-38-40-79-42-44-81-46-48-83-50-49-82-47-45-80-43-41-78-39-37-76-35-33-74-31-29-72-27-25-70-23-21-68-19-15-60(65)66/h9,52-53,55-59H,6-8,10-51H2,1-5H3,(H,64,67)(H,65,66)/t53-,55+,56+,57?,58?,59?,62+,63-/m1/s1. The first-order chi connectivity index (χ1) is 41.0. The molecule has 8 atom stereocenters. The number of hydrogen-bond donors (Lipinski definition) is 2. The van der Waals surface area contributed by atoms with Crippen molar-refractivity contribution in [3.8, 4) is 0 Å². The summed E-state index contributed by atoms with van der Waals surface area (Å²) in [5.74, 6) is 4.06. The highest BCUT2D eigenvalue weighted by atomic mass is 16.6. The molecule has 0 heterocycles. The van der Waals surface area contributed by atoms with Crippen molar-refractivity contribution in [2.45, 2.75) is 118 Å². The first kappa shape index (κ1) is 74.3. The van der Waals surface area contributed by atoms with Gasteiger partial charge in [0.25, 0.3) is 0 Å². The summed E-state index contributed by atoms with van der Waals surface area (Å²) in [6.07, 6.45) is 16.0. The highest BCUT2D eigenvalue weighted by Crippen LogP contribution is 2.67. The predicted octanol–water partition coefficient (Wildman–Crippen LogP) is 7.86. The van der Waals surface area contributed by atoms with Crippen molar-refractivity contribution < 1.29 is 95.2 Å². The van der Waals surface area contributed by atoms with Crippen LogP contribution < -0.4 is 5.32 Å². The maximum absolute atomic E-state index is 12.8. The zero-order valence-corrected chi connectivity index (χ0v) is 52.6. The molecule has 0 aliphatic heterocycles. The molecule has 1 amide bonds. The normalized spacial score (nSPS) is 23.3. The highest BCUT2D eigenvalue weighted by molar-refractivity contribution is 5.67. The third kappa shape index (κ3) is 32.4. The fraction of sp³-hybridized carbons (Fsp3) is 0.937. The van der Waals surface area contributed by atoms with Crippen molar-refractivity contribution in [3.05, 3.63) is 11.6 Å². The van der Waals surface area contributed by atoms with E-state index in [1.165, 1.54) is 51.4 Å². The Labute approximate surface area is 504 Å². The van der Waals surface area contributed by atoms with Crippen LogP contribution in [0.3, 0.4) is 0 Å². The maximum Gasteiger partial charge on any atom is 0.407 e. The van der Waals surface area contributed by atoms with E-state index in [2.05, 4.69) is 46.0 Å². The Hall–Kier alpha value is -2.16. The lowest BCUT2D eigenvalue weighted by Gasteiger charge is -2.58. The molecule has 0 bridgehead atoms. The fourth-order valence-electron chi connectivity index (χ4n) is 12.7. The van der Waals surface area contributed by atoms with E-state index in [1.54, 1.807) is 5.57 Å². The number of amides is 1. The summed E-state index contributed by atoms with van der Waals surface area (Å²) in [6, 6.07) is 0. The van der Waals surface area contributed by atoms with Gasteiger partial charge in [0.2, 0.25) is 0 Å². The number of carboxylic acid groups (broad SMARTS) is 1. The number of hydrogen-bond acceptors (Lipinski definition) is 19. The van der Waals surface area contributed by atoms with Crippen molar-refractivity contribution in [2.24, 2.45) is 46.3 Å². The molecule has 2 N–H and O–H groups in total. The van der Waals surface area contributed by atoms with Crippen LogP contribution in [-0.4, -0.2) is 241 Å². The third-order valence-electron chi connectivity index (χ3n) is 17.1. The Morgan fingerprint density at radius 2 is 0.869 bits per heavy atom. The minimum atomic E-state index is -0.878. The molecular weight excluding hydrogens is 1090 g/mol. The topological polar surface area (TPSA) is 223 Å². The van der Waals surface area contributed by atoms with Crippen molar-refractivity contribution >= 4 is 12.1 Å². The minimum absolute atomic E-state index is 0.00833. The molecule has 0 aromatic heterocycles. The van der Waals surface area contributed by atoms with Crippen LogP contribution in [0.5, 0.6) is 0 Å². The number of rotatable bonds is 57. The molecule has 0 saturated heterocycles. The van der Waals surface area contributed by atoms with Crippen molar-refractivity contribution in [3.63, 3.8) is 0 Å². The van der Waals surface area contributed by atoms with E-state index in [4.69, 9.17) is 85.6 Å². The summed E-state index contributed by atoms with van der Waals surface area (Å²) in [5, 5.41) is 11.4. The lowest BCUT2D eigenvalue weighted by molar-refractivity contribution is -0.138. The molecule has 3 saturated carbocycles. The van der Waals surface area contributed by atoms with Gasteiger partial charge in [-0.25, -0.2) is 4.79 Å². The Balaban J connectivity index is 0.781. The summed E-state index contributed by atoms with van der Waals surface area (Å²) in [5.41, 5.74) is 2.29. The Bertz CT molecular complexity index is 1650. The van der Waals surface area contributed by atoms with Crippen molar-refractivity contribution in [1.29, 1.82) is 0 Å². The van der Waals surface area contributed by atoms with Gasteiger partial charge in [-0.2, -0.15) is 0 Å². The molecule has 0 radical (unpaired) electrons. The van der Waals surface area contributed by atoms with Gasteiger partial charge in [-0.3, -0.25) is 4.79 Å². The van der Waals surface area contributed by atoms with Crippen molar-refractivity contribution in [1.82, 2.24) is 5.32 Å². The van der Waals surface area contributed by atoms with Gasteiger partial charge in [0.1, 0.15) is 6.10 Å². The monoisotopic (exact) mass is 1210 g/mol. The molecule has 21 heteroatoms. The smallest absolute Gasteiger partial charge is 0.407 e. The lowest BCUT2D eigenvalue weighted by Crippen LogP contribution is -2.51. The van der Waals surface area contributed by atoms with Crippen LogP contribution in [0.25, 0.3) is 0 Å². The number of carbonyl (C=O) groups excluding carboxylic acids is 1. The molecule has 21 nitrogen and oxygen atoms in total. The van der Waals surface area contributed by atoms with Crippen LogP contribution in [0.2, 0.25) is 0 Å². The Morgan fingerprint density at radius 1 is 0.488 bits per heavy atom. The zero-order chi connectivity index (χ0) is 60.0. The number of ether oxygens (including phenoxy) is 17. The van der Waals surface area contributed by atoms with E-state index in [1.807, 2.05) is 0 Å². The van der Waals surface area contributed by atoms with Crippen LogP contribution in [0.15, 0.2) is 11.6 Å². The van der Waals surface area contributed by atoms with Crippen LogP contribution in [0.1, 0.15) is 112 Å². The SMILES string of the molecule is CC(C)CCC[C@@H](C)C1CCC2[C@@H]3CC=C4C[C@@H](OC(=O)NCCOCCOCCOCCOCCOCCOCCOCCOCCOCCOCCOCCOCCOCCOCCOCCOCCC(=O)O)CC[C@]4(C)C3CC[C@@]21C. The van der Waals surface area contributed by atoms with Gasteiger partial charge in [0, 0.05) is 13.0 Å². The summed E-state index contributed by atoms with van der Waals surface area (Å²) in [6.45, 7) is 27.5. The Kier molecular flexibility index (Phi) is 42.3. The van der Waals surface area contributed by atoms with Crippen LogP contribution >= 0.6 is 0 Å². The fourth-order valence-corrected chi connectivity index (χ4v) is 12.7. The summed E-state index contributed by atoms with van der Waals surface area (Å²) in [4.78, 5) is 23.1. The molecule has 4 rings (SSSR count). The molecule has 0 aromatic rings. The summed E-state index contributed by atoms with van der Waals surface area (Å²) < 4.78 is 93.9. The average Bonchev–Trinajstić information content (AvgIpc) is 1.42.